The minimum atomic E-state index is -0.586. The van der Waals surface area contributed by atoms with Crippen molar-refractivity contribution in [2.75, 3.05) is 31.1 Å². The number of nitrogens with zero attached hydrogens (tertiary/aromatic N) is 5. The number of hydrogen-bond donors (Lipinski definition) is 0. The summed E-state index contributed by atoms with van der Waals surface area (Å²) in [5.41, 5.74) is 3.10. The van der Waals surface area contributed by atoms with E-state index < -0.39 is 4.92 Å². The van der Waals surface area contributed by atoms with E-state index in [1.807, 2.05) is 24.3 Å². The average Bonchev–Trinajstić information content (AvgIpc) is 2.84. The van der Waals surface area contributed by atoms with Gasteiger partial charge in [-0.2, -0.15) is 0 Å². The molecule has 1 aromatic heterocycles. The number of aryl methyl sites for hydroxylation is 1. The van der Waals surface area contributed by atoms with Gasteiger partial charge in [0, 0.05) is 43.4 Å². The molecule has 0 atom stereocenters. The second-order valence-corrected chi connectivity index (χ2v) is 7.94. The first-order valence-electron chi connectivity index (χ1n) is 10.4. The molecule has 1 amide bonds. The molecular weight excluding hydrogens is 430 g/mol. The van der Waals surface area contributed by atoms with Gasteiger partial charge in [0.05, 0.1) is 10.6 Å². The molecule has 0 bridgehead atoms. The first-order chi connectivity index (χ1) is 15.5. The van der Waals surface area contributed by atoms with Crippen molar-refractivity contribution in [1.82, 2.24) is 15.1 Å². The number of benzene rings is 2. The second-order valence-electron chi connectivity index (χ2n) is 7.53. The monoisotopic (exact) mass is 451 g/mol. The Hall–Kier alpha value is -3.52. The third-order valence-corrected chi connectivity index (χ3v) is 5.91. The van der Waals surface area contributed by atoms with E-state index >= 15 is 0 Å². The number of aromatic nitrogens is 2. The third-order valence-electron chi connectivity index (χ3n) is 5.59. The van der Waals surface area contributed by atoms with Crippen LogP contribution in [0.1, 0.15) is 22.8 Å². The van der Waals surface area contributed by atoms with Crippen molar-refractivity contribution in [2.45, 2.75) is 13.3 Å². The molecule has 9 heteroatoms. The minimum Gasteiger partial charge on any atom is -0.352 e. The largest absolute Gasteiger partial charge is 0.352 e. The molecule has 0 aliphatic carbocycles. The average molecular weight is 452 g/mol. The third kappa shape index (κ3) is 4.55. The molecule has 2 aromatic carbocycles. The Kier molecular flexibility index (Phi) is 6.32. The van der Waals surface area contributed by atoms with Crippen molar-refractivity contribution in [3.8, 4) is 11.3 Å². The molecule has 0 radical (unpaired) electrons. The summed E-state index contributed by atoms with van der Waals surface area (Å²) in [6.07, 6.45) is 0.994. The molecule has 1 aliphatic heterocycles. The molecule has 1 saturated heterocycles. The van der Waals surface area contributed by atoms with Crippen molar-refractivity contribution < 1.29 is 9.72 Å². The molecule has 0 spiro atoms. The Morgan fingerprint density at radius 2 is 1.75 bits per heavy atom. The predicted molar refractivity (Wildman–Crippen MR) is 123 cm³/mol. The van der Waals surface area contributed by atoms with E-state index in [0.717, 1.165) is 23.5 Å². The standard InChI is InChI=1S/C23H22ClN5O3/c1-2-16-3-5-17(6-4-16)20-9-10-22(26-25-20)27-11-13-28(14-12-27)23(30)18-7-8-19(24)21(15-18)29(31)32/h3-10,15H,2,11-14H2,1H3. The summed E-state index contributed by atoms with van der Waals surface area (Å²) in [5, 5.41) is 19.8. The van der Waals surface area contributed by atoms with Gasteiger partial charge in [-0.1, -0.05) is 42.8 Å². The van der Waals surface area contributed by atoms with Crippen LogP contribution in [0.4, 0.5) is 11.5 Å². The highest BCUT2D eigenvalue weighted by molar-refractivity contribution is 6.32. The maximum atomic E-state index is 12.8. The fourth-order valence-corrected chi connectivity index (χ4v) is 3.85. The maximum absolute atomic E-state index is 12.8. The predicted octanol–water partition coefficient (Wildman–Crippen LogP) is 4.23. The van der Waals surface area contributed by atoms with Crippen molar-refractivity contribution in [1.29, 1.82) is 0 Å². The highest BCUT2D eigenvalue weighted by atomic mass is 35.5. The van der Waals surface area contributed by atoms with Gasteiger partial charge in [-0.05, 0) is 36.2 Å². The molecule has 1 aliphatic rings. The summed E-state index contributed by atoms with van der Waals surface area (Å²) in [5.74, 6) is 0.509. The van der Waals surface area contributed by atoms with Crippen LogP contribution in [0, 0.1) is 10.1 Å². The molecule has 3 aromatic rings. The zero-order valence-corrected chi connectivity index (χ0v) is 18.3. The number of anilines is 1. The van der Waals surface area contributed by atoms with Gasteiger partial charge in [0.25, 0.3) is 11.6 Å². The maximum Gasteiger partial charge on any atom is 0.288 e. The number of hydrogen-bond acceptors (Lipinski definition) is 6. The Labute approximate surface area is 190 Å². The lowest BCUT2D eigenvalue weighted by Gasteiger charge is -2.35. The molecule has 0 unspecified atom stereocenters. The van der Waals surface area contributed by atoms with Crippen LogP contribution in [0.5, 0.6) is 0 Å². The van der Waals surface area contributed by atoms with Crippen LogP contribution in [0.15, 0.2) is 54.6 Å². The summed E-state index contributed by atoms with van der Waals surface area (Å²) in [4.78, 5) is 27.1. The summed E-state index contributed by atoms with van der Waals surface area (Å²) in [6.45, 7) is 4.28. The fraction of sp³-hybridized carbons (Fsp3) is 0.261. The van der Waals surface area contributed by atoms with Crippen LogP contribution < -0.4 is 4.90 Å². The number of carbonyl (C=O) groups is 1. The molecule has 1 fully saturated rings. The summed E-state index contributed by atoms with van der Waals surface area (Å²) in [7, 11) is 0. The van der Waals surface area contributed by atoms with Crippen LogP contribution in [0.2, 0.25) is 5.02 Å². The van der Waals surface area contributed by atoms with Gasteiger partial charge in [0.15, 0.2) is 5.82 Å². The number of halogens is 1. The van der Waals surface area contributed by atoms with Gasteiger partial charge in [-0.25, -0.2) is 0 Å². The minimum absolute atomic E-state index is 0.0136. The molecule has 164 valence electrons. The van der Waals surface area contributed by atoms with Crippen LogP contribution >= 0.6 is 11.6 Å². The van der Waals surface area contributed by atoms with E-state index in [0.29, 0.717) is 26.2 Å². The van der Waals surface area contributed by atoms with Gasteiger partial charge >= 0.3 is 0 Å². The van der Waals surface area contributed by atoms with Crippen LogP contribution in [-0.2, 0) is 6.42 Å². The van der Waals surface area contributed by atoms with Gasteiger partial charge < -0.3 is 9.80 Å². The molecule has 2 heterocycles. The lowest BCUT2D eigenvalue weighted by Crippen LogP contribution is -2.49. The number of carbonyl (C=O) groups excluding carboxylic acids is 1. The number of nitro groups is 1. The van der Waals surface area contributed by atoms with Gasteiger partial charge in [-0.3, -0.25) is 14.9 Å². The Morgan fingerprint density at radius 3 is 2.34 bits per heavy atom. The number of piperazine rings is 1. The Bertz CT molecular complexity index is 1130. The van der Waals surface area contributed by atoms with E-state index in [1.54, 1.807) is 4.90 Å². The molecule has 32 heavy (non-hydrogen) atoms. The van der Waals surface area contributed by atoms with Gasteiger partial charge in [0.2, 0.25) is 0 Å². The molecule has 0 saturated carbocycles. The highest BCUT2D eigenvalue weighted by Gasteiger charge is 2.25. The van der Waals surface area contributed by atoms with E-state index in [9.17, 15) is 14.9 Å². The van der Waals surface area contributed by atoms with E-state index in [-0.39, 0.29) is 22.2 Å². The highest BCUT2D eigenvalue weighted by Crippen LogP contribution is 2.26. The van der Waals surface area contributed by atoms with E-state index in [1.165, 1.54) is 23.8 Å². The summed E-state index contributed by atoms with van der Waals surface area (Å²) < 4.78 is 0. The Morgan fingerprint density at radius 1 is 1.03 bits per heavy atom. The van der Waals surface area contributed by atoms with Gasteiger partial charge in [0.1, 0.15) is 5.02 Å². The first kappa shape index (κ1) is 21.7. The fourth-order valence-electron chi connectivity index (χ4n) is 3.67. The first-order valence-corrected chi connectivity index (χ1v) is 10.7. The summed E-state index contributed by atoms with van der Waals surface area (Å²) >= 11 is 5.85. The topological polar surface area (TPSA) is 92.5 Å². The van der Waals surface area contributed by atoms with Crippen molar-refractivity contribution in [3.05, 3.63) is 80.9 Å². The molecule has 4 rings (SSSR count). The van der Waals surface area contributed by atoms with Gasteiger partial charge in [-0.15, -0.1) is 10.2 Å². The van der Waals surface area contributed by atoms with Crippen LogP contribution in [0.25, 0.3) is 11.3 Å². The lowest BCUT2D eigenvalue weighted by atomic mass is 10.1. The Balaban J connectivity index is 1.39. The molecule has 0 N–H and O–H groups in total. The normalized spacial score (nSPS) is 13.8. The number of rotatable bonds is 5. The number of amides is 1. The van der Waals surface area contributed by atoms with E-state index in [4.69, 9.17) is 11.6 Å². The van der Waals surface area contributed by atoms with Crippen molar-refractivity contribution in [2.24, 2.45) is 0 Å². The SMILES string of the molecule is CCc1ccc(-c2ccc(N3CCN(C(=O)c4ccc(Cl)c([N+](=O)[O-])c4)CC3)nn2)cc1. The van der Waals surface area contributed by atoms with Crippen LogP contribution in [0.3, 0.4) is 0 Å². The van der Waals surface area contributed by atoms with Crippen molar-refractivity contribution in [3.63, 3.8) is 0 Å². The van der Waals surface area contributed by atoms with Crippen molar-refractivity contribution >= 4 is 29.0 Å². The zero-order chi connectivity index (χ0) is 22.7. The molecular formula is C23H22ClN5O3. The smallest absolute Gasteiger partial charge is 0.288 e. The summed E-state index contributed by atoms with van der Waals surface area (Å²) in [6, 6.07) is 16.3. The second kappa shape index (κ2) is 9.32. The van der Waals surface area contributed by atoms with E-state index in [2.05, 4.69) is 34.2 Å². The zero-order valence-electron chi connectivity index (χ0n) is 17.6. The van der Waals surface area contributed by atoms with Crippen LogP contribution in [-0.4, -0.2) is 52.1 Å². The molecule has 8 nitrogen and oxygen atoms in total. The lowest BCUT2D eigenvalue weighted by molar-refractivity contribution is -0.384. The quantitative estimate of drug-likeness (QED) is 0.425. The number of nitro benzene ring substituents is 1.